The van der Waals surface area contributed by atoms with Crippen molar-refractivity contribution in [2.24, 2.45) is 0 Å². The van der Waals surface area contributed by atoms with E-state index in [1.165, 1.54) is 18.0 Å². The van der Waals surface area contributed by atoms with Gasteiger partial charge in [0.2, 0.25) is 0 Å². The van der Waals surface area contributed by atoms with Crippen molar-refractivity contribution in [3.8, 4) is 12.1 Å². The Morgan fingerprint density at radius 2 is 2.12 bits per heavy atom. The number of thioether (sulfide) groups is 1. The van der Waals surface area contributed by atoms with E-state index in [1.807, 2.05) is 19.2 Å². The van der Waals surface area contributed by atoms with Crippen LogP contribution in [0, 0.1) is 22.7 Å². The molecule has 1 heterocycles. The average Bonchev–Trinajstić information content (AvgIpc) is 2.60. The number of hydrogen-bond acceptors (Lipinski definition) is 7. The minimum absolute atomic E-state index is 0.0956. The molecule has 7 nitrogen and oxygen atoms in total. The Hall–Kier alpha value is -2.71. The number of nitrogens with one attached hydrogen (secondary N) is 2. The maximum Gasteiger partial charge on any atom is 0.350 e. The zero-order valence-corrected chi connectivity index (χ0v) is 15.2. The fraction of sp³-hybridized carbons (Fsp3) is 0.412. The Labute approximate surface area is 150 Å². The predicted octanol–water partition coefficient (Wildman–Crippen LogP) is 2.69. The lowest BCUT2D eigenvalue weighted by atomic mass is 10.0. The molecule has 1 aromatic rings. The maximum absolute atomic E-state index is 12.2. The summed E-state index contributed by atoms with van der Waals surface area (Å²) in [6, 6.07) is 3.71. The Kier molecular flexibility index (Phi) is 8.31. The second-order valence-electron chi connectivity index (χ2n) is 4.97. The SMILES string of the molecule is CCCCc1c(SC)c(N/C=C(/C#N)C(=O)OCC)[nH]c(=O)c1C#N. The number of aromatic amines is 1. The molecule has 1 rings (SSSR count). The fourth-order valence-electron chi connectivity index (χ4n) is 2.16. The molecule has 0 unspecified atom stereocenters. The first-order chi connectivity index (χ1) is 12.0. The fourth-order valence-corrected chi connectivity index (χ4v) is 2.93. The van der Waals surface area contributed by atoms with Gasteiger partial charge in [0.15, 0.2) is 5.57 Å². The van der Waals surface area contributed by atoms with Gasteiger partial charge in [0.1, 0.15) is 23.5 Å². The van der Waals surface area contributed by atoms with E-state index in [1.54, 1.807) is 13.0 Å². The van der Waals surface area contributed by atoms with Gasteiger partial charge in [-0.3, -0.25) is 4.79 Å². The number of aromatic nitrogens is 1. The van der Waals surface area contributed by atoms with Gasteiger partial charge in [-0.1, -0.05) is 13.3 Å². The molecule has 8 heteroatoms. The van der Waals surface area contributed by atoms with Crippen LogP contribution in [0.1, 0.15) is 37.8 Å². The third-order valence-corrected chi connectivity index (χ3v) is 4.20. The van der Waals surface area contributed by atoms with E-state index in [-0.39, 0.29) is 17.7 Å². The number of carbonyl (C=O) groups is 1. The van der Waals surface area contributed by atoms with Crippen LogP contribution in [0.25, 0.3) is 0 Å². The standard InChI is InChI=1S/C17H20N4O3S/c1-4-6-7-12-13(9-19)16(22)21-15(14(12)25-3)20-10-11(8-18)17(23)24-5-2/h10H,4-7H2,1-3H3,(H2,20,21,22)/b11-10-. The normalized spacial score (nSPS) is 10.7. The van der Waals surface area contributed by atoms with Crippen LogP contribution < -0.4 is 10.9 Å². The lowest BCUT2D eigenvalue weighted by molar-refractivity contribution is -0.138. The Bertz CT molecular complexity index is 800. The summed E-state index contributed by atoms with van der Waals surface area (Å²) in [5.41, 5.74) is 0.0514. The Morgan fingerprint density at radius 1 is 1.40 bits per heavy atom. The smallest absolute Gasteiger partial charge is 0.350 e. The molecule has 132 valence electrons. The molecule has 0 amide bonds. The van der Waals surface area contributed by atoms with Crippen LogP contribution >= 0.6 is 11.8 Å². The van der Waals surface area contributed by atoms with E-state index in [0.29, 0.717) is 22.7 Å². The minimum Gasteiger partial charge on any atom is -0.462 e. The van der Waals surface area contributed by atoms with Gasteiger partial charge in [0, 0.05) is 6.20 Å². The molecule has 0 aliphatic carbocycles. The number of nitrogens with zero attached hydrogens (tertiary/aromatic N) is 2. The number of rotatable bonds is 8. The van der Waals surface area contributed by atoms with Crippen LogP contribution in [0.4, 0.5) is 5.82 Å². The van der Waals surface area contributed by atoms with Gasteiger partial charge >= 0.3 is 5.97 Å². The van der Waals surface area contributed by atoms with Crippen molar-refractivity contribution in [3.63, 3.8) is 0 Å². The maximum atomic E-state index is 12.2. The first-order valence-electron chi connectivity index (χ1n) is 7.81. The number of pyridine rings is 1. The number of ether oxygens (including phenoxy) is 1. The second-order valence-corrected chi connectivity index (χ2v) is 5.78. The summed E-state index contributed by atoms with van der Waals surface area (Å²) in [5, 5.41) is 21.1. The third-order valence-electron chi connectivity index (χ3n) is 3.34. The lowest BCUT2D eigenvalue weighted by Crippen LogP contribution is -2.17. The molecule has 0 aliphatic heterocycles. The molecule has 0 saturated carbocycles. The molecule has 0 spiro atoms. The number of esters is 1. The van der Waals surface area contributed by atoms with Crippen molar-refractivity contribution in [2.45, 2.75) is 38.0 Å². The van der Waals surface area contributed by atoms with Crippen LogP contribution in [0.5, 0.6) is 0 Å². The topological polar surface area (TPSA) is 119 Å². The number of anilines is 1. The van der Waals surface area contributed by atoms with Crippen molar-refractivity contribution in [2.75, 3.05) is 18.2 Å². The summed E-state index contributed by atoms with van der Waals surface area (Å²) in [5.74, 6) is -0.398. The lowest BCUT2D eigenvalue weighted by Gasteiger charge is -2.14. The minimum atomic E-state index is -0.745. The number of unbranched alkanes of at least 4 members (excludes halogenated alkanes) is 1. The van der Waals surface area contributed by atoms with Gasteiger partial charge < -0.3 is 15.0 Å². The van der Waals surface area contributed by atoms with E-state index >= 15 is 0 Å². The number of carbonyl (C=O) groups excluding carboxylic acids is 1. The van der Waals surface area contributed by atoms with Crippen LogP contribution in [-0.4, -0.2) is 23.8 Å². The molecule has 2 N–H and O–H groups in total. The Morgan fingerprint density at radius 3 is 2.64 bits per heavy atom. The molecule has 0 radical (unpaired) electrons. The van der Waals surface area contributed by atoms with E-state index in [0.717, 1.165) is 12.8 Å². The Balaban J connectivity index is 3.34. The van der Waals surface area contributed by atoms with Crippen molar-refractivity contribution < 1.29 is 9.53 Å². The summed E-state index contributed by atoms with van der Waals surface area (Å²) in [6.07, 6.45) is 5.39. The van der Waals surface area contributed by atoms with E-state index in [4.69, 9.17) is 10.00 Å². The number of H-pyrrole nitrogens is 1. The molecule has 0 fully saturated rings. The molecule has 25 heavy (non-hydrogen) atoms. The van der Waals surface area contributed by atoms with Gasteiger partial charge in [-0.25, -0.2) is 4.79 Å². The zero-order valence-electron chi connectivity index (χ0n) is 14.4. The molecule has 0 saturated heterocycles. The van der Waals surface area contributed by atoms with Gasteiger partial charge in [-0.2, -0.15) is 10.5 Å². The van der Waals surface area contributed by atoms with E-state index < -0.39 is 11.5 Å². The van der Waals surface area contributed by atoms with E-state index in [9.17, 15) is 14.9 Å². The average molecular weight is 360 g/mol. The monoisotopic (exact) mass is 360 g/mol. The summed E-state index contributed by atoms with van der Waals surface area (Å²) < 4.78 is 4.79. The van der Waals surface area contributed by atoms with Crippen molar-refractivity contribution in [3.05, 3.63) is 33.3 Å². The quantitative estimate of drug-likeness (QED) is 0.316. The van der Waals surface area contributed by atoms with Gasteiger partial charge in [0.05, 0.1) is 11.5 Å². The highest BCUT2D eigenvalue weighted by Gasteiger charge is 2.17. The van der Waals surface area contributed by atoms with Crippen LogP contribution in [0.3, 0.4) is 0 Å². The number of nitriles is 2. The van der Waals surface area contributed by atoms with Crippen molar-refractivity contribution in [1.29, 1.82) is 10.5 Å². The third kappa shape index (κ3) is 5.13. The van der Waals surface area contributed by atoms with Crippen LogP contribution in [-0.2, 0) is 16.0 Å². The van der Waals surface area contributed by atoms with Crippen LogP contribution in [0.15, 0.2) is 21.5 Å². The molecular weight excluding hydrogens is 340 g/mol. The van der Waals surface area contributed by atoms with Crippen molar-refractivity contribution >= 4 is 23.5 Å². The predicted molar refractivity (Wildman–Crippen MR) is 96.1 cm³/mol. The highest BCUT2D eigenvalue weighted by Crippen LogP contribution is 2.29. The van der Waals surface area contributed by atoms with Gasteiger partial charge in [-0.05, 0) is 31.6 Å². The largest absolute Gasteiger partial charge is 0.462 e. The van der Waals surface area contributed by atoms with Gasteiger partial charge in [0.25, 0.3) is 5.56 Å². The summed E-state index contributed by atoms with van der Waals surface area (Å²) >= 11 is 1.38. The van der Waals surface area contributed by atoms with Crippen molar-refractivity contribution in [1.82, 2.24) is 4.98 Å². The van der Waals surface area contributed by atoms with Crippen LogP contribution in [0.2, 0.25) is 0 Å². The number of hydrogen-bond donors (Lipinski definition) is 2. The summed E-state index contributed by atoms with van der Waals surface area (Å²) in [4.78, 5) is 27.1. The first-order valence-corrected chi connectivity index (χ1v) is 9.03. The first kappa shape index (κ1) is 20.3. The molecule has 0 aromatic carbocycles. The van der Waals surface area contributed by atoms with E-state index in [2.05, 4.69) is 10.3 Å². The molecule has 0 bridgehead atoms. The highest BCUT2D eigenvalue weighted by atomic mass is 32.2. The molecule has 0 atom stereocenters. The zero-order chi connectivity index (χ0) is 18.8. The summed E-state index contributed by atoms with van der Waals surface area (Å²) in [7, 11) is 0. The molecule has 1 aromatic heterocycles. The highest BCUT2D eigenvalue weighted by molar-refractivity contribution is 7.98. The summed E-state index contributed by atoms with van der Waals surface area (Å²) in [6.45, 7) is 3.82. The molecular formula is C17H20N4O3S. The second kappa shape index (κ2) is 10.2. The molecule has 0 aliphatic rings. The van der Waals surface area contributed by atoms with Gasteiger partial charge in [-0.15, -0.1) is 11.8 Å².